The summed E-state index contributed by atoms with van der Waals surface area (Å²) in [5.41, 5.74) is -0.291. The van der Waals surface area contributed by atoms with Gasteiger partial charge >= 0.3 is 12.3 Å². The van der Waals surface area contributed by atoms with Crippen LogP contribution in [0.15, 0.2) is 12.1 Å². The van der Waals surface area contributed by atoms with Crippen LogP contribution in [0.1, 0.15) is 62.0 Å². The summed E-state index contributed by atoms with van der Waals surface area (Å²) in [4.78, 5) is 0. The van der Waals surface area contributed by atoms with Gasteiger partial charge in [-0.15, -0.1) is 0 Å². The van der Waals surface area contributed by atoms with Gasteiger partial charge in [-0.05, 0) is 61.6 Å². The number of halogens is 7. The molecule has 0 amide bonds. The van der Waals surface area contributed by atoms with E-state index < -0.39 is 28.0 Å². The van der Waals surface area contributed by atoms with E-state index in [0.717, 1.165) is 38.5 Å². The number of hydrogen-bond acceptors (Lipinski definition) is 0. The number of benzene rings is 1. The van der Waals surface area contributed by atoms with E-state index in [2.05, 4.69) is 0 Å². The third-order valence-corrected chi connectivity index (χ3v) is 5.58. The predicted octanol–water partition coefficient (Wildman–Crippen LogP) is 7.76. The second-order valence-electron chi connectivity index (χ2n) is 6.69. The Morgan fingerprint density at radius 1 is 1.00 bits per heavy atom. The fourth-order valence-corrected chi connectivity index (χ4v) is 4.32. The van der Waals surface area contributed by atoms with Gasteiger partial charge in [-0.2, -0.15) is 8.78 Å². The Hall–Kier alpha value is -0.550. The zero-order valence-corrected chi connectivity index (χ0v) is 15.2. The molecule has 2 rings (SSSR count). The molecule has 142 valence electrons. The largest absolute Gasteiger partial charge is 0.335 e. The van der Waals surface area contributed by atoms with E-state index in [4.69, 9.17) is 23.2 Å². The van der Waals surface area contributed by atoms with Crippen LogP contribution in [0.3, 0.4) is 0 Å². The molecule has 1 saturated carbocycles. The van der Waals surface area contributed by atoms with Gasteiger partial charge in [0.25, 0.3) is 0 Å². The fraction of sp³-hybridized carbons (Fsp3) is 0.667. The lowest BCUT2D eigenvalue weighted by Gasteiger charge is -2.29. The fourth-order valence-electron chi connectivity index (χ4n) is 3.57. The van der Waals surface area contributed by atoms with Gasteiger partial charge in [0, 0.05) is 0 Å². The van der Waals surface area contributed by atoms with Gasteiger partial charge in [-0.25, -0.2) is 8.78 Å². The van der Waals surface area contributed by atoms with Crippen molar-refractivity contribution >= 4 is 23.2 Å². The van der Waals surface area contributed by atoms with Crippen LogP contribution < -0.4 is 0 Å². The lowest BCUT2D eigenvalue weighted by Crippen LogP contribution is -2.24. The van der Waals surface area contributed by atoms with E-state index in [9.17, 15) is 22.0 Å². The summed E-state index contributed by atoms with van der Waals surface area (Å²) < 4.78 is 64.6. The smallest absolute Gasteiger partial charge is 0.251 e. The molecule has 0 atom stereocenters. The van der Waals surface area contributed by atoms with Crippen LogP contribution in [0.2, 0.25) is 10.0 Å². The second kappa shape index (κ2) is 8.90. The number of rotatable bonds is 7. The van der Waals surface area contributed by atoms with Crippen LogP contribution >= 0.6 is 23.2 Å². The maximum Gasteiger partial charge on any atom is 0.335 e. The predicted molar refractivity (Wildman–Crippen MR) is 90.9 cm³/mol. The molecule has 25 heavy (non-hydrogen) atoms. The summed E-state index contributed by atoms with van der Waals surface area (Å²) in [7, 11) is 0. The van der Waals surface area contributed by atoms with Crippen LogP contribution in [0.25, 0.3) is 0 Å². The van der Waals surface area contributed by atoms with Crippen molar-refractivity contribution in [2.75, 3.05) is 6.67 Å². The Kier molecular flexibility index (Phi) is 7.39. The van der Waals surface area contributed by atoms with Crippen molar-refractivity contribution in [1.29, 1.82) is 0 Å². The first-order chi connectivity index (χ1) is 11.8. The van der Waals surface area contributed by atoms with Crippen molar-refractivity contribution in [3.05, 3.63) is 33.3 Å². The molecule has 0 radical (unpaired) electrons. The minimum absolute atomic E-state index is 0.127. The SMILES string of the molecule is FCCCCC1CCC(c2cc(Cl)c(C(F)(F)C(F)F)c(Cl)c2)CC1. The van der Waals surface area contributed by atoms with E-state index in [1.54, 1.807) is 0 Å². The van der Waals surface area contributed by atoms with Crippen molar-refractivity contribution < 1.29 is 22.0 Å². The lowest BCUT2D eigenvalue weighted by molar-refractivity contribution is -0.135. The van der Waals surface area contributed by atoms with Crippen LogP contribution in [-0.4, -0.2) is 13.1 Å². The highest BCUT2D eigenvalue weighted by atomic mass is 35.5. The second-order valence-corrected chi connectivity index (χ2v) is 7.50. The van der Waals surface area contributed by atoms with E-state index >= 15 is 0 Å². The Bertz CT molecular complexity index is 546. The molecule has 0 nitrogen and oxygen atoms in total. The van der Waals surface area contributed by atoms with Crippen molar-refractivity contribution in [2.45, 2.75) is 63.2 Å². The van der Waals surface area contributed by atoms with Gasteiger partial charge in [0.05, 0.1) is 22.3 Å². The zero-order chi connectivity index (χ0) is 18.6. The summed E-state index contributed by atoms with van der Waals surface area (Å²) in [6.07, 6.45) is 2.26. The number of alkyl halides is 5. The molecular formula is C18H21Cl2F5. The van der Waals surface area contributed by atoms with Gasteiger partial charge < -0.3 is 0 Å². The molecule has 0 heterocycles. The normalized spacial score (nSPS) is 21.8. The molecule has 1 aromatic carbocycles. The van der Waals surface area contributed by atoms with Crippen LogP contribution in [0.4, 0.5) is 22.0 Å². The molecule has 0 unspecified atom stereocenters. The Morgan fingerprint density at radius 3 is 2.04 bits per heavy atom. The van der Waals surface area contributed by atoms with E-state index in [1.165, 1.54) is 12.1 Å². The number of unbranched alkanes of at least 4 members (excludes halogenated alkanes) is 1. The van der Waals surface area contributed by atoms with Crippen LogP contribution in [-0.2, 0) is 5.92 Å². The van der Waals surface area contributed by atoms with Gasteiger partial charge in [0.2, 0.25) is 0 Å². The topological polar surface area (TPSA) is 0 Å². The van der Waals surface area contributed by atoms with Crippen molar-refractivity contribution in [3.63, 3.8) is 0 Å². The highest BCUT2D eigenvalue weighted by Crippen LogP contribution is 2.45. The first-order valence-corrected chi connectivity index (χ1v) is 9.24. The third-order valence-electron chi connectivity index (χ3n) is 4.99. The first kappa shape index (κ1) is 20.8. The quantitative estimate of drug-likeness (QED) is 0.322. The molecular weight excluding hydrogens is 382 g/mol. The van der Waals surface area contributed by atoms with Gasteiger partial charge in [0.15, 0.2) is 0 Å². The molecule has 1 aromatic rings. The monoisotopic (exact) mass is 402 g/mol. The highest BCUT2D eigenvalue weighted by molar-refractivity contribution is 6.36. The summed E-state index contributed by atoms with van der Waals surface area (Å²) in [6, 6.07) is 2.68. The molecule has 7 heteroatoms. The Labute approximate surface area is 154 Å². The van der Waals surface area contributed by atoms with Crippen molar-refractivity contribution in [3.8, 4) is 0 Å². The average Bonchev–Trinajstić information content (AvgIpc) is 2.54. The Balaban J connectivity index is 2.07. The molecule has 1 fully saturated rings. The van der Waals surface area contributed by atoms with Crippen molar-refractivity contribution in [1.82, 2.24) is 0 Å². The third kappa shape index (κ3) is 5.00. The summed E-state index contributed by atoms with van der Waals surface area (Å²) in [5, 5.41) is -0.837. The lowest BCUT2D eigenvalue weighted by atomic mass is 9.77. The maximum absolute atomic E-state index is 13.6. The molecule has 0 aliphatic heterocycles. The average molecular weight is 403 g/mol. The van der Waals surface area contributed by atoms with Gasteiger partial charge in [-0.3, -0.25) is 4.39 Å². The first-order valence-electron chi connectivity index (χ1n) is 8.48. The molecule has 1 aliphatic carbocycles. The zero-order valence-electron chi connectivity index (χ0n) is 13.7. The minimum atomic E-state index is -4.37. The minimum Gasteiger partial charge on any atom is -0.251 e. The molecule has 0 spiro atoms. The van der Waals surface area contributed by atoms with E-state index in [1.807, 2.05) is 0 Å². The van der Waals surface area contributed by atoms with E-state index in [0.29, 0.717) is 17.9 Å². The summed E-state index contributed by atoms with van der Waals surface area (Å²) >= 11 is 11.7. The number of hydrogen-bond donors (Lipinski definition) is 0. The maximum atomic E-state index is 13.6. The van der Waals surface area contributed by atoms with Gasteiger partial charge in [0.1, 0.15) is 0 Å². The summed E-state index contributed by atoms with van der Waals surface area (Å²) in [6.45, 7) is -0.290. The summed E-state index contributed by atoms with van der Waals surface area (Å²) in [5.74, 6) is -3.70. The molecule has 0 bridgehead atoms. The van der Waals surface area contributed by atoms with Crippen molar-refractivity contribution in [2.24, 2.45) is 5.92 Å². The van der Waals surface area contributed by atoms with E-state index in [-0.39, 0.29) is 12.6 Å². The Morgan fingerprint density at radius 2 is 1.56 bits per heavy atom. The standard InChI is InChI=1S/C18H21Cl2F5/c19-14-9-13(10-15(20)16(14)18(24,25)17(22)23)12-6-4-11(5-7-12)3-1-2-8-21/h9-12,17H,1-8H2. The molecule has 0 saturated heterocycles. The molecule has 0 aromatic heterocycles. The molecule has 0 N–H and O–H groups in total. The van der Waals surface area contributed by atoms with Gasteiger partial charge in [-0.1, -0.05) is 36.0 Å². The van der Waals surface area contributed by atoms with Crippen LogP contribution in [0, 0.1) is 5.92 Å². The highest BCUT2D eigenvalue weighted by Gasteiger charge is 2.46. The van der Waals surface area contributed by atoms with Crippen LogP contribution in [0.5, 0.6) is 0 Å². The molecule has 1 aliphatic rings.